The zero-order chi connectivity index (χ0) is 25.0. The minimum absolute atomic E-state index is 0.133. The molecular weight excluding hydrogens is 456 g/mol. The Bertz CT molecular complexity index is 1330. The molecule has 10 nitrogen and oxygen atoms in total. The van der Waals surface area contributed by atoms with Gasteiger partial charge in [0.2, 0.25) is 10.0 Å². The first-order valence-electron chi connectivity index (χ1n) is 11.5. The van der Waals surface area contributed by atoms with Crippen molar-refractivity contribution in [1.82, 2.24) is 29.2 Å². The molecule has 2 aromatic heterocycles. The maximum Gasteiger partial charge on any atom is 0.277 e. The molecule has 186 valence electrons. The van der Waals surface area contributed by atoms with Gasteiger partial charge in [0, 0.05) is 13.0 Å². The van der Waals surface area contributed by atoms with Gasteiger partial charge in [-0.25, -0.2) is 22.6 Å². The highest BCUT2D eigenvalue weighted by Crippen LogP contribution is 2.36. The minimum Gasteiger partial charge on any atom is -0.493 e. The Kier molecular flexibility index (Phi) is 8.11. The van der Waals surface area contributed by atoms with E-state index in [-0.39, 0.29) is 16.3 Å². The van der Waals surface area contributed by atoms with Crippen LogP contribution in [0.1, 0.15) is 43.8 Å². The number of nitrogens with zero attached hydrogens (tertiary/aromatic N) is 4. The Morgan fingerprint density at radius 2 is 1.91 bits per heavy atom. The van der Waals surface area contributed by atoms with Crippen molar-refractivity contribution in [2.75, 3.05) is 34.3 Å². The van der Waals surface area contributed by atoms with E-state index in [1.165, 1.54) is 7.05 Å². The number of hydrogen-bond acceptors (Lipinski definition) is 7. The van der Waals surface area contributed by atoms with Crippen LogP contribution >= 0.6 is 0 Å². The van der Waals surface area contributed by atoms with E-state index in [1.54, 1.807) is 23.6 Å². The zero-order valence-electron chi connectivity index (χ0n) is 20.7. The number of hydrogen-bond donors (Lipinski definition) is 2. The number of fused-ring (bicyclic) bond motifs is 1. The van der Waals surface area contributed by atoms with Crippen LogP contribution in [0.25, 0.3) is 16.9 Å². The van der Waals surface area contributed by atoms with E-state index < -0.39 is 10.0 Å². The number of rotatable bonds is 11. The molecule has 0 aliphatic carbocycles. The van der Waals surface area contributed by atoms with Crippen molar-refractivity contribution in [3.05, 3.63) is 39.6 Å². The minimum atomic E-state index is -3.77. The van der Waals surface area contributed by atoms with E-state index in [9.17, 15) is 13.2 Å². The van der Waals surface area contributed by atoms with Crippen molar-refractivity contribution in [3.8, 4) is 17.1 Å². The SMILES string of the molecule is CCCOc1ccc(S(=O)(=O)NC)c(CCN(C)C)c1-c1nn2c(CCC)nc(C)c2c(=O)[nH]1. The number of benzene rings is 1. The van der Waals surface area contributed by atoms with E-state index in [4.69, 9.17) is 9.84 Å². The Labute approximate surface area is 200 Å². The molecular formula is C23H34N6O4S. The summed E-state index contributed by atoms with van der Waals surface area (Å²) < 4.78 is 35.8. The van der Waals surface area contributed by atoms with Crippen LogP contribution in [-0.2, 0) is 22.9 Å². The summed E-state index contributed by atoms with van der Waals surface area (Å²) in [6, 6.07) is 3.18. The van der Waals surface area contributed by atoms with E-state index in [0.717, 1.165) is 12.8 Å². The van der Waals surface area contributed by atoms with Crippen LogP contribution in [0.5, 0.6) is 5.75 Å². The smallest absolute Gasteiger partial charge is 0.277 e. The summed E-state index contributed by atoms with van der Waals surface area (Å²) in [5.41, 5.74) is 1.66. The van der Waals surface area contributed by atoms with Crippen molar-refractivity contribution < 1.29 is 13.2 Å². The zero-order valence-corrected chi connectivity index (χ0v) is 21.5. The highest BCUT2D eigenvalue weighted by atomic mass is 32.2. The first kappa shape index (κ1) is 25.9. The highest BCUT2D eigenvalue weighted by molar-refractivity contribution is 7.89. The fourth-order valence-corrected chi connectivity index (χ4v) is 4.87. The highest BCUT2D eigenvalue weighted by Gasteiger charge is 2.26. The van der Waals surface area contributed by atoms with Gasteiger partial charge in [0.1, 0.15) is 11.6 Å². The molecule has 2 heterocycles. The second-order valence-corrected chi connectivity index (χ2v) is 10.3. The molecule has 0 aliphatic heterocycles. The van der Waals surface area contributed by atoms with Crippen LogP contribution in [0.3, 0.4) is 0 Å². The first-order valence-corrected chi connectivity index (χ1v) is 13.0. The lowest BCUT2D eigenvalue weighted by Gasteiger charge is -2.20. The van der Waals surface area contributed by atoms with Gasteiger partial charge >= 0.3 is 0 Å². The van der Waals surface area contributed by atoms with Crippen LogP contribution in [-0.4, -0.2) is 67.2 Å². The molecule has 0 bridgehead atoms. The molecule has 34 heavy (non-hydrogen) atoms. The van der Waals surface area contributed by atoms with Gasteiger partial charge in [-0.15, -0.1) is 5.10 Å². The molecule has 0 unspecified atom stereocenters. The Morgan fingerprint density at radius 3 is 2.53 bits per heavy atom. The van der Waals surface area contributed by atoms with E-state index in [1.807, 2.05) is 32.8 Å². The molecule has 0 spiro atoms. The van der Waals surface area contributed by atoms with Crippen LogP contribution in [0.15, 0.2) is 21.8 Å². The molecule has 0 amide bonds. The maximum absolute atomic E-state index is 13.1. The van der Waals surface area contributed by atoms with Gasteiger partial charge in [-0.1, -0.05) is 13.8 Å². The third-order valence-electron chi connectivity index (χ3n) is 5.51. The van der Waals surface area contributed by atoms with E-state index >= 15 is 0 Å². The standard InChI is InChI=1S/C23H34N6O4S/c1-7-9-19-25-15(3)21-23(30)26-22(27-29(19)21)20-16(12-13-28(5)6)18(34(31,32)24-4)11-10-17(20)33-14-8-2/h10-11,24H,7-9,12-14H2,1-6H3,(H,26,27,30). The van der Waals surface area contributed by atoms with E-state index in [2.05, 4.69) is 14.7 Å². The summed E-state index contributed by atoms with van der Waals surface area (Å²) in [5, 5.41) is 4.74. The average Bonchev–Trinajstić information content (AvgIpc) is 3.11. The molecule has 0 atom stereocenters. The monoisotopic (exact) mass is 490 g/mol. The fraction of sp³-hybridized carbons (Fsp3) is 0.522. The normalized spacial score (nSPS) is 12.1. The van der Waals surface area contributed by atoms with Gasteiger partial charge in [-0.3, -0.25) is 4.79 Å². The largest absolute Gasteiger partial charge is 0.493 e. The summed E-state index contributed by atoms with van der Waals surface area (Å²) in [6.45, 7) is 6.84. The Hall–Kier alpha value is -2.76. The summed E-state index contributed by atoms with van der Waals surface area (Å²) in [4.78, 5) is 22.6. The van der Waals surface area contributed by atoms with Crippen LogP contribution in [0, 0.1) is 6.92 Å². The Morgan fingerprint density at radius 1 is 1.18 bits per heavy atom. The number of H-pyrrole nitrogens is 1. The lowest BCUT2D eigenvalue weighted by molar-refractivity contribution is 0.317. The summed E-state index contributed by atoms with van der Waals surface area (Å²) >= 11 is 0. The van der Waals surface area contributed by atoms with Crippen molar-refractivity contribution in [3.63, 3.8) is 0 Å². The second kappa shape index (κ2) is 10.7. The van der Waals surface area contributed by atoms with Gasteiger partial charge < -0.3 is 14.6 Å². The number of aromatic amines is 1. The van der Waals surface area contributed by atoms with Crippen molar-refractivity contribution in [1.29, 1.82) is 0 Å². The first-order chi connectivity index (χ1) is 16.1. The quantitative estimate of drug-likeness (QED) is 0.422. The number of aromatic nitrogens is 4. The number of likely N-dealkylation sites (N-methyl/N-ethyl adjacent to an activating group) is 1. The molecule has 3 rings (SSSR count). The number of sulfonamides is 1. The summed E-state index contributed by atoms with van der Waals surface area (Å²) in [5.74, 6) is 1.41. The fourth-order valence-electron chi connectivity index (χ4n) is 3.88. The molecule has 3 aromatic rings. The summed E-state index contributed by atoms with van der Waals surface area (Å²) in [6.07, 6.45) is 2.69. The molecule has 11 heteroatoms. The second-order valence-electron chi connectivity index (χ2n) is 8.45. The molecule has 0 radical (unpaired) electrons. The topological polar surface area (TPSA) is 122 Å². The maximum atomic E-state index is 13.1. The summed E-state index contributed by atoms with van der Waals surface area (Å²) in [7, 11) is 1.44. The molecule has 0 fully saturated rings. The molecule has 0 saturated carbocycles. The van der Waals surface area contributed by atoms with Gasteiger partial charge in [0.25, 0.3) is 5.56 Å². The van der Waals surface area contributed by atoms with Crippen molar-refractivity contribution in [2.45, 2.75) is 51.3 Å². The third kappa shape index (κ3) is 5.16. The van der Waals surface area contributed by atoms with Gasteiger partial charge in [-0.2, -0.15) is 0 Å². The number of nitrogens with one attached hydrogen (secondary N) is 2. The molecule has 0 saturated heterocycles. The van der Waals surface area contributed by atoms with Gasteiger partial charge in [0.05, 0.1) is 22.8 Å². The molecule has 0 aliphatic rings. The van der Waals surface area contributed by atoms with Crippen LogP contribution < -0.4 is 15.0 Å². The average molecular weight is 491 g/mol. The van der Waals surface area contributed by atoms with Crippen LogP contribution in [0.2, 0.25) is 0 Å². The van der Waals surface area contributed by atoms with E-state index in [0.29, 0.717) is 59.9 Å². The lowest BCUT2D eigenvalue weighted by Crippen LogP contribution is -2.24. The number of ether oxygens (including phenoxy) is 1. The number of imidazole rings is 1. The predicted octanol–water partition coefficient (Wildman–Crippen LogP) is 2.15. The van der Waals surface area contributed by atoms with Gasteiger partial charge in [-0.05, 0) is 65.0 Å². The van der Waals surface area contributed by atoms with Crippen LogP contribution in [0.4, 0.5) is 0 Å². The third-order valence-corrected chi connectivity index (χ3v) is 7.01. The molecule has 2 N–H and O–H groups in total. The van der Waals surface area contributed by atoms with Crippen molar-refractivity contribution in [2.24, 2.45) is 0 Å². The molecule has 1 aromatic carbocycles. The lowest BCUT2D eigenvalue weighted by atomic mass is 10.0. The Balaban J connectivity index is 2.39. The predicted molar refractivity (Wildman–Crippen MR) is 132 cm³/mol. The van der Waals surface area contributed by atoms with Crippen molar-refractivity contribution >= 4 is 15.5 Å². The number of aryl methyl sites for hydroxylation is 2. The van der Waals surface area contributed by atoms with Gasteiger partial charge in [0.15, 0.2) is 11.3 Å².